The molecule has 1 aliphatic rings. The van der Waals surface area contributed by atoms with Crippen LogP contribution in [0.15, 0.2) is 54.7 Å². The predicted molar refractivity (Wildman–Crippen MR) is 112 cm³/mol. The van der Waals surface area contributed by atoms with Crippen LogP contribution in [0.1, 0.15) is 36.5 Å². The van der Waals surface area contributed by atoms with Crippen molar-refractivity contribution in [1.29, 1.82) is 0 Å². The van der Waals surface area contributed by atoms with Crippen molar-refractivity contribution in [3.63, 3.8) is 0 Å². The number of pyridine rings is 2. The van der Waals surface area contributed by atoms with Gasteiger partial charge in [0.2, 0.25) is 5.91 Å². The molecule has 4 rings (SSSR count). The molecular formula is C23H24N4O2. The van der Waals surface area contributed by atoms with E-state index in [0.717, 1.165) is 43.3 Å². The number of benzene rings is 1. The van der Waals surface area contributed by atoms with Crippen molar-refractivity contribution in [3.8, 4) is 11.4 Å². The van der Waals surface area contributed by atoms with Gasteiger partial charge in [0.15, 0.2) is 0 Å². The van der Waals surface area contributed by atoms with Gasteiger partial charge in [-0.1, -0.05) is 24.3 Å². The third-order valence-electron chi connectivity index (χ3n) is 5.27. The fourth-order valence-corrected chi connectivity index (χ4v) is 3.73. The normalized spacial score (nSPS) is 15.1. The van der Waals surface area contributed by atoms with Gasteiger partial charge in [0, 0.05) is 24.7 Å². The van der Waals surface area contributed by atoms with Crippen molar-refractivity contribution in [1.82, 2.24) is 20.2 Å². The summed E-state index contributed by atoms with van der Waals surface area (Å²) in [6, 6.07) is 14.3. The van der Waals surface area contributed by atoms with Gasteiger partial charge >= 0.3 is 0 Å². The number of likely N-dealkylation sites (tertiary alicyclic amines) is 1. The van der Waals surface area contributed by atoms with Crippen LogP contribution in [0.25, 0.3) is 22.3 Å². The lowest BCUT2D eigenvalue weighted by molar-refractivity contribution is -0.133. The van der Waals surface area contributed by atoms with Crippen LogP contribution in [0.3, 0.4) is 0 Å². The first kappa shape index (κ1) is 19.1. The smallest absolute Gasteiger partial charge is 0.252 e. The molecule has 6 heteroatoms. The summed E-state index contributed by atoms with van der Waals surface area (Å²) in [4.78, 5) is 36.7. The highest BCUT2D eigenvalue weighted by molar-refractivity contribution is 6.08. The molecule has 1 saturated heterocycles. The Morgan fingerprint density at radius 3 is 2.52 bits per heavy atom. The molecule has 0 spiro atoms. The van der Waals surface area contributed by atoms with Crippen LogP contribution in [0.2, 0.25) is 0 Å². The first-order valence-electron chi connectivity index (χ1n) is 10.0. The highest BCUT2D eigenvalue weighted by atomic mass is 16.2. The number of piperidine rings is 1. The van der Waals surface area contributed by atoms with Crippen molar-refractivity contribution in [2.75, 3.05) is 13.1 Å². The molecule has 0 bridgehead atoms. The number of para-hydroxylation sites is 1. The van der Waals surface area contributed by atoms with Gasteiger partial charge in [-0.2, -0.15) is 0 Å². The molecule has 3 aromatic rings. The lowest BCUT2D eigenvalue weighted by atomic mass is 10.0. The van der Waals surface area contributed by atoms with Crippen LogP contribution >= 0.6 is 0 Å². The fourth-order valence-electron chi connectivity index (χ4n) is 3.73. The van der Waals surface area contributed by atoms with Crippen LogP contribution in [0.4, 0.5) is 0 Å². The number of hydrogen-bond donors (Lipinski definition) is 1. The number of fused-ring (bicyclic) bond motifs is 1. The number of hydrogen-bond acceptors (Lipinski definition) is 4. The summed E-state index contributed by atoms with van der Waals surface area (Å²) in [7, 11) is 0. The summed E-state index contributed by atoms with van der Waals surface area (Å²) in [5.74, 6) is -0.306. The van der Waals surface area contributed by atoms with Crippen molar-refractivity contribution in [2.24, 2.45) is 0 Å². The van der Waals surface area contributed by atoms with E-state index in [0.29, 0.717) is 17.0 Å². The molecule has 6 nitrogen and oxygen atoms in total. The Kier molecular flexibility index (Phi) is 5.51. The molecule has 1 atom stereocenters. The molecule has 1 N–H and O–H groups in total. The fraction of sp³-hybridized carbons (Fsp3) is 0.304. The van der Waals surface area contributed by atoms with E-state index >= 15 is 0 Å². The predicted octanol–water partition coefficient (Wildman–Crippen LogP) is 3.43. The molecule has 2 aromatic heterocycles. The number of nitrogens with one attached hydrogen (secondary N) is 1. The van der Waals surface area contributed by atoms with Gasteiger partial charge in [0.05, 0.1) is 22.5 Å². The largest absolute Gasteiger partial charge is 0.341 e. The summed E-state index contributed by atoms with van der Waals surface area (Å²) >= 11 is 0. The Morgan fingerprint density at radius 2 is 1.76 bits per heavy atom. The third-order valence-corrected chi connectivity index (χ3v) is 5.27. The average Bonchev–Trinajstić information content (AvgIpc) is 2.78. The van der Waals surface area contributed by atoms with E-state index in [1.165, 1.54) is 0 Å². The first-order valence-corrected chi connectivity index (χ1v) is 10.0. The Bertz CT molecular complexity index is 1030. The molecule has 1 fully saturated rings. The first-order chi connectivity index (χ1) is 14.1. The number of carbonyl (C=O) groups excluding carboxylic acids is 2. The van der Waals surface area contributed by atoms with Gasteiger partial charge in [-0.25, -0.2) is 4.98 Å². The average molecular weight is 388 g/mol. The maximum atomic E-state index is 13.1. The molecular weight excluding hydrogens is 364 g/mol. The van der Waals surface area contributed by atoms with Crippen molar-refractivity contribution in [2.45, 2.75) is 32.2 Å². The van der Waals surface area contributed by atoms with E-state index in [-0.39, 0.29) is 11.8 Å². The second kappa shape index (κ2) is 8.39. The van der Waals surface area contributed by atoms with Crippen molar-refractivity contribution >= 4 is 22.7 Å². The summed E-state index contributed by atoms with van der Waals surface area (Å²) in [5, 5.41) is 3.64. The zero-order valence-electron chi connectivity index (χ0n) is 16.5. The second-order valence-corrected chi connectivity index (χ2v) is 7.37. The van der Waals surface area contributed by atoms with E-state index in [1.54, 1.807) is 19.2 Å². The minimum absolute atomic E-state index is 0.0265. The van der Waals surface area contributed by atoms with Crippen LogP contribution in [0.5, 0.6) is 0 Å². The lowest BCUT2D eigenvalue weighted by Gasteiger charge is -2.29. The lowest BCUT2D eigenvalue weighted by Crippen LogP contribution is -2.48. The van der Waals surface area contributed by atoms with E-state index in [9.17, 15) is 9.59 Å². The standard InChI is InChI=1S/C23H24N4O2/c1-16(23(29)27-13-7-2-8-14-27)25-22(28)18-15-21(20-11-5-6-12-24-20)26-19-10-4-3-9-17(18)19/h3-6,9-12,15-16H,2,7-8,13-14H2,1H3,(H,25,28). The quantitative estimate of drug-likeness (QED) is 0.743. The maximum absolute atomic E-state index is 13.1. The summed E-state index contributed by atoms with van der Waals surface area (Å²) < 4.78 is 0. The molecule has 0 radical (unpaired) electrons. The summed E-state index contributed by atoms with van der Waals surface area (Å²) in [6.45, 7) is 3.28. The minimum atomic E-state index is -0.578. The molecule has 1 unspecified atom stereocenters. The van der Waals surface area contributed by atoms with Crippen molar-refractivity contribution < 1.29 is 9.59 Å². The van der Waals surface area contributed by atoms with Crippen molar-refractivity contribution in [3.05, 3.63) is 60.3 Å². The molecule has 29 heavy (non-hydrogen) atoms. The number of nitrogens with zero attached hydrogens (tertiary/aromatic N) is 3. The van der Waals surface area contributed by atoms with Gasteiger partial charge in [-0.15, -0.1) is 0 Å². The van der Waals surface area contributed by atoms with E-state index in [2.05, 4.69) is 15.3 Å². The van der Waals surface area contributed by atoms with Crippen LogP contribution < -0.4 is 5.32 Å². The van der Waals surface area contributed by atoms with Crippen LogP contribution in [-0.2, 0) is 4.79 Å². The van der Waals surface area contributed by atoms with Gasteiger partial charge in [-0.05, 0) is 50.5 Å². The van der Waals surface area contributed by atoms with Gasteiger partial charge in [0.25, 0.3) is 5.91 Å². The topological polar surface area (TPSA) is 75.2 Å². The zero-order chi connectivity index (χ0) is 20.2. The molecule has 0 saturated carbocycles. The number of amides is 2. The summed E-state index contributed by atoms with van der Waals surface area (Å²) in [6.07, 6.45) is 4.90. The van der Waals surface area contributed by atoms with Crippen LogP contribution in [0, 0.1) is 0 Å². The molecule has 2 amide bonds. The summed E-state index contributed by atoms with van der Waals surface area (Å²) in [5.41, 5.74) is 2.54. The Labute approximate surface area is 170 Å². The zero-order valence-corrected chi connectivity index (χ0v) is 16.5. The Balaban J connectivity index is 1.63. The van der Waals surface area contributed by atoms with Gasteiger partial charge in [0.1, 0.15) is 6.04 Å². The Hall–Kier alpha value is -3.28. The molecule has 3 heterocycles. The molecule has 148 valence electrons. The SMILES string of the molecule is CC(NC(=O)c1cc(-c2ccccn2)nc2ccccc12)C(=O)N1CCCCC1. The highest BCUT2D eigenvalue weighted by Crippen LogP contribution is 2.24. The number of aromatic nitrogens is 2. The van der Waals surface area contributed by atoms with E-state index < -0.39 is 6.04 Å². The second-order valence-electron chi connectivity index (χ2n) is 7.37. The van der Waals surface area contributed by atoms with E-state index in [4.69, 9.17) is 0 Å². The third kappa shape index (κ3) is 4.11. The van der Waals surface area contributed by atoms with Crippen LogP contribution in [-0.4, -0.2) is 45.8 Å². The van der Waals surface area contributed by atoms with E-state index in [1.807, 2.05) is 47.4 Å². The molecule has 0 aliphatic carbocycles. The van der Waals surface area contributed by atoms with Gasteiger partial charge in [-0.3, -0.25) is 14.6 Å². The monoisotopic (exact) mass is 388 g/mol. The number of carbonyl (C=O) groups is 2. The Morgan fingerprint density at radius 1 is 1.00 bits per heavy atom. The highest BCUT2D eigenvalue weighted by Gasteiger charge is 2.24. The number of rotatable bonds is 4. The minimum Gasteiger partial charge on any atom is -0.341 e. The molecule has 1 aliphatic heterocycles. The van der Waals surface area contributed by atoms with Gasteiger partial charge < -0.3 is 10.2 Å². The molecule has 1 aromatic carbocycles. The maximum Gasteiger partial charge on any atom is 0.252 e.